The van der Waals surface area contributed by atoms with Crippen molar-refractivity contribution in [3.05, 3.63) is 148 Å². The Morgan fingerprint density at radius 2 is 1.61 bits per heavy atom. The number of ether oxygens (including phenoxy) is 2. The Labute approximate surface area is 374 Å². The van der Waals surface area contributed by atoms with Gasteiger partial charge in [-0.25, -0.2) is 0 Å². The molecule has 4 aromatic carbocycles. The Balaban J connectivity index is 1.01. The van der Waals surface area contributed by atoms with Crippen LogP contribution >= 0.6 is 0 Å². The van der Waals surface area contributed by atoms with E-state index >= 15 is 4.79 Å². The van der Waals surface area contributed by atoms with E-state index in [2.05, 4.69) is 30.2 Å². The van der Waals surface area contributed by atoms with Crippen molar-refractivity contribution in [2.24, 2.45) is 20.0 Å². The maximum Gasteiger partial charge on any atom is 0.264 e. The zero-order valence-electron chi connectivity index (χ0n) is 37.1. The van der Waals surface area contributed by atoms with Crippen LogP contribution in [-0.4, -0.2) is 79.4 Å². The van der Waals surface area contributed by atoms with Crippen LogP contribution in [0.2, 0.25) is 0 Å². The van der Waals surface area contributed by atoms with Crippen molar-refractivity contribution in [3.63, 3.8) is 0 Å². The van der Waals surface area contributed by atoms with Gasteiger partial charge in [0.05, 0.1) is 30.5 Å². The average Bonchev–Trinajstić information content (AvgIpc) is 3.87. The molecule has 64 heavy (non-hydrogen) atoms. The molecule has 12 heteroatoms. The maximum atomic E-state index is 15.1. The molecule has 0 radical (unpaired) electrons. The van der Waals surface area contributed by atoms with Crippen molar-refractivity contribution >= 4 is 29.1 Å². The number of hydrogen-bond acceptors (Lipinski definition) is 7. The molecule has 1 N–H and O–H groups in total. The highest BCUT2D eigenvalue weighted by Crippen LogP contribution is 2.37. The number of fused-ring (bicyclic) bond motifs is 2. The van der Waals surface area contributed by atoms with Gasteiger partial charge in [0.1, 0.15) is 11.5 Å². The first-order valence-corrected chi connectivity index (χ1v) is 22.4. The lowest BCUT2D eigenvalue weighted by Crippen LogP contribution is -2.43. The van der Waals surface area contributed by atoms with E-state index < -0.39 is 0 Å². The van der Waals surface area contributed by atoms with Crippen LogP contribution in [0.15, 0.2) is 103 Å². The van der Waals surface area contributed by atoms with Crippen LogP contribution in [0.25, 0.3) is 11.3 Å². The van der Waals surface area contributed by atoms with Crippen LogP contribution in [0.4, 0.5) is 11.4 Å². The number of anilines is 2. The summed E-state index contributed by atoms with van der Waals surface area (Å²) in [7, 11) is 3.72. The molecule has 1 atom stereocenters. The first kappa shape index (κ1) is 42.6. The fourth-order valence-electron chi connectivity index (χ4n) is 9.49. The van der Waals surface area contributed by atoms with E-state index in [1.807, 2.05) is 76.9 Å². The third-order valence-electron chi connectivity index (χ3n) is 13.4. The molecule has 3 aliphatic heterocycles. The second-order valence-electron chi connectivity index (χ2n) is 17.6. The normalized spacial score (nSPS) is 16.3. The third kappa shape index (κ3) is 8.79. The zero-order chi connectivity index (χ0) is 44.5. The minimum absolute atomic E-state index is 0.0325. The smallest absolute Gasteiger partial charge is 0.264 e. The first-order valence-electron chi connectivity index (χ1n) is 22.4. The zero-order valence-corrected chi connectivity index (χ0v) is 37.1. The predicted octanol–water partition coefficient (Wildman–Crippen LogP) is 8.33. The molecule has 1 saturated heterocycles. The molecule has 12 nitrogen and oxygen atoms in total. The fraction of sp³-hybridized carbons (Fsp3) is 0.346. The Morgan fingerprint density at radius 1 is 0.859 bits per heavy atom. The molecule has 330 valence electrons. The minimum atomic E-state index is -0.271. The Morgan fingerprint density at radius 3 is 2.34 bits per heavy atom. The highest BCUT2D eigenvalue weighted by Gasteiger charge is 2.33. The lowest BCUT2D eigenvalue weighted by atomic mass is 9.89. The van der Waals surface area contributed by atoms with Gasteiger partial charge in [-0.2, -0.15) is 5.10 Å². The van der Waals surface area contributed by atoms with Crippen molar-refractivity contribution in [2.45, 2.75) is 71.5 Å². The number of aryl methyl sites for hydroxylation is 1. The number of hydrogen-bond donors (Lipinski definition) is 1. The molecule has 2 aromatic heterocycles. The molecule has 3 aliphatic rings. The van der Waals surface area contributed by atoms with Crippen LogP contribution in [0, 0.1) is 12.8 Å². The third-order valence-corrected chi connectivity index (χ3v) is 13.4. The van der Waals surface area contributed by atoms with Gasteiger partial charge in [0.25, 0.3) is 11.8 Å². The van der Waals surface area contributed by atoms with E-state index in [1.165, 1.54) is 5.56 Å². The molecule has 9 rings (SSSR count). The van der Waals surface area contributed by atoms with Crippen LogP contribution < -0.4 is 9.64 Å². The van der Waals surface area contributed by atoms with Crippen LogP contribution in [0.3, 0.4) is 0 Å². The first-order chi connectivity index (χ1) is 31.0. The number of carbonyl (C=O) groups is 3. The fourth-order valence-corrected chi connectivity index (χ4v) is 9.49. The summed E-state index contributed by atoms with van der Waals surface area (Å²) in [5.41, 5.74) is 9.70. The molecule has 6 aromatic rings. The standard InChI is InChI=1S/C52H56N6O6/c1-34-25-38-7-5-6-8-40(38)32-57(34)51(61)48-28-41-31-56(50(60)26-37-9-15-45(16-10-37)64-24-20-36-18-22-63-23-19-36)21-17-39(41)27-47(48)49-29-46(35(2)55(49)4)52(62)58(43-30-53-54(3)33-43)42-11-13-44(59)14-12-42/h5-16,27-30,33-34,36,59H,17-26,31-32H2,1-4H3/t34-/m1/s1. The van der Waals surface area contributed by atoms with Crippen molar-refractivity contribution in [1.29, 1.82) is 0 Å². The van der Waals surface area contributed by atoms with Crippen LogP contribution in [0.1, 0.15) is 80.4 Å². The van der Waals surface area contributed by atoms with Crippen LogP contribution in [-0.2, 0) is 56.0 Å². The Bertz CT molecular complexity index is 2680. The SMILES string of the molecule is Cc1c(C(=O)N(c2ccc(O)cc2)c2cnn(C)c2)cc(-c2cc3c(cc2C(=O)N2Cc4ccccc4C[C@H]2C)CN(C(=O)Cc2ccc(OCCC4CCOCC4)cc2)CC3)n1C. The van der Waals surface area contributed by atoms with Gasteiger partial charge >= 0.3 is 0 Å². The molecule has 0 unspecified atom stereocenters. The lowest BCUT2D eigenvalue weighted by Gasteiger charge is -2.36. The molecular weight excluding hydrogens is 805 g/mol. The quantitative estimate of drug-likeness (QED) is 0.139. The van der Waals surface area contributed by atoms with E-state index in [-0.39, 0.29) is 35.9 Å². The van der Waals surface area contributed by atoms with Crippen LogP contribution in [0.5, 0.6) is 11.5 Å². The van der Waals surface area contributed by atoms with Gasteiger partial charge in [-0.3, -0.25) is 24.0 Å². The van der Waals surface area contributed by atoms with Gasteiger partial charge < -0.3 is 28.9 Å². The predicted molar refractivity (Wildman–Crippen MR) is 246 cm³/mol. The molecule has 0 bridgehead atoms. The largest absolute Gasteiger partial charge is 0.508 e. The van der Waals surface area contributed by atoms with Gasteiger partial charge in [-0.15, -0.1) is 0 Å². The monoisotopic (exact) mass is 860 g/mol. The number of aromatic nitrogens is 3. The number of aromatic hydroxyl groups is 1. The van der Waals surface area contributed by atoms with Gasteiger partial charge in [-0.1, -0.05) is 36.4 Å². The summed E-state index contributed by atoms with van der Waals surface area (Å²) in [6.07, 6.45) is 8.24. The second-order valence-corrected chi connectivity index (χ2v) is 17.6. The maximum absolute atomic E-state index is 15.1. The lowest BCUT2D eigenvalue weighted by molar-refractivity contribution is -0.131. The van der Waals surface area contributed by atoms with E-state index in [0.717, 1.165) is 83.9 Å². The van der Waals surface area contributed by atoms with Crippen molar-refractivity contribution in [2.75, 3.05) is 31.3 Å². The highest BCUT2D eigenvalue weighted by atomic mass is 16.5. The van der Waals surface area contributed by atoms with E-state index in [4.69, 9.17) is 9.47 Å². The van der Waals surface area contributed by atoms with Gasteiger partial charge in [0, 0.05) is 87.4 Å². The molecule has 0 spiro atoms. The molecular formula is C52H56N6O6. The number of phenols is 1. The summed E-state index contributed by atoms with van der Waals surface area (Å²) >= 11 is 0. The number of carbonyl (C=O) groups excluding carboxylic acids is 3. The van der Waals surface area contributed by atoms with E-state index in [0.29, 0.717) is 61.1 Å². The molecule has 0 saturated carbocycles. The second kappa shape index (κ2) is 18.2. The summed E-state index contributed by atoms with van der Waals surface area (Å²) in [6, 6.07) is 28.6. The molecule has 5 heterocycles. The van der Waals surface area contributed by atoms with Crippen molar-refractivity contribution in [3.8, 4) is 22.8 Å². The highest BCUT2D eigenvalue weighted by molar-refractivity contribution is 6.12. The topological polar surface area (TPSA) is 122 Å². The molecule has 0 aliphatic carbocycles. The van der Waals surface area contributed by atoms with E-state index in [9.17, 15) is 14.7 Å². The Kier molecular flexibility index (Phi) is 12.1. The van der Waals surface area contributed by atoms with Gasteiger partial charge in [-0.05, 0) is 134 Å². The summed E-state index contributed by atoms with van der Waals surface area (Å²) in [6.45, 7) is 7.77. The van der Waals surface area contributed by atoms with Gasteiger partial charge in [0.15, 0.2) is 0 Å². The van der Waals surface area contributed by atoms with E-state index in [1.54, 1.807) is 53.3 Å². The van der Waals surface area contributed by atoms with Crippen molar-refractivity contribution < 1.29 is 29.0 Å². The average molecular weight is 861 g/mol. The molecule has 1 fully saturated rings. The molecule has 3 amide bonds. The summed E-state index contributed by atoms with van der Waals surface area (Å²) < 4.78 is 15.2. The number of rotatable bonds is 11. The Hall–Kier alpha value is -6.66. The minimum Gasteiger partial charge on any atom is -0.508 e. The van der Waals surface area contributed by atoms with Gasteiger partial charge in [0.2, 0.25) is 5.91 Å². The summed E-state index contributed by atoms with van der Waals surface area (Å²) in [4.78, 5) is 49.2. The number of amides is 3. The number of nitrogens with zero attached hydrogens (tertiary/aromatic N) is 6. The van der Waals surface area contributed by atoms with Crippen molar-refractivity contribution in [1.82, 2.24) is 24.1 Å². The summed E-state index contributed by atoms with van der Waals surface area (Å²) in [5.74, 6) is 1.22. The number of phenolic OH excluding ortho intramolecular Hbond substituents is 1. The number of benzene rings is 4. The summed E-state index contributed by atoms with van der Waals surface area (Å²) in [5, 5.41) is 14.4.